The van der Waals surface area contributed by atoms with Crippen LogP contribution in [0.3, 0.4) is 0 Å². The number of ketones is 1. The molecular formula is C12H11FO2S. The summed E-state index contributed by atoms with van der Waals surface area (Å²) in [5, 5.41) is 0. The van der Waals surface area contributed by atoms with Crippen LogP contribution in [0, 0.1) is 5.82 Å². The molecule has 1 aliphatic rings. The van der Waals surface area contributed by atoms with Gasteiger partial charge in [0.05, 0.1) is 12.4 Å². The third-order valence-electron chi connectivity index (χ3n) is 2.16. The Balaban J connectivity index is 1.87. The van der Waals surface area contributed by atoms with Crippen LogP contribution in [0.4, 0.5) is 4.39 Å². The fourth-order valence-corrected chi connectivity index (χ4v) is 2.13. The highest BCUT2D eigenvalue weighted by Gasteiger charge is 2.14. The molecule has 0 aliphatic carbocycles. The van der Waals surface area contributed by atoms with Gasteiger partial charge in [-0.1, -0.05) is 0 Å². The summed E-state index contributed by atoms with van der Waals surface area (Å²) in [6.45, 7) is 0.599. The lowest BCUT2D eigenvalue weighted by Gasteiger charge is -2.02. The average molecular weight is 238 g/mol. The van der Waals surface area contributed by atoms with Gasteiger partial charge in [-0.3, -0.25) is 4.79 Å². The number of hydrogen-bond acceptors (Lipinski definition) is 3. The number of halogens is 1. The van der Waals surface area contributed by atoms with Crippen LogP contribution in [0.25, 0.3) is 0 Å². The first-order valence-corrected chi connectivity index (χ1v) is 5.99. The van der Waals surface area contributed by atoms with Crippen LogP contribution in [0.1, 0.15) is 6.42 Å². The normalized spacial score (nSPS) is 14.4. The Hall–Kier alpha value is -1.29. The lowest BCUT2D eigenvalue weighted by Crippen LogP contribution is -2.05. The SMILES string of the molecule is O=C(CSc1ccc(F)cc1)C1=CCCO1. The van der Waals surface area contributed by atoms with E-state index in [2.05, 4.69) is 0 Å². The molecule has 0 aromatic heterocycles. The summed E-state index contributed by atoms with van der Waals surface area (Å²) in [6, 6.07) is 6.10. The van der Waals surface area contributed by atoms with Crippen LogP contribution in [-0.2, 0) is 9.53 Å². The third kappa shape index (κ3) is 2.85. The Morgan fingerprint density at radius 1 is 1.38 bits per heavy atom. The second kappa shape index (κ2) is 5.16. The monoisotopic (exact) mass is 238 g/mol. The molecule has 4 heteroatoms. The van der Waals surface area contributed by atoms with Gasteiger partial charge in [0.15, 0.2) is 5.76 Å². The molecule has 1 aromatic carbocycles. The van der Waals surface area contributed by atoms with Gasteiger partial charge in [-0.2, -0.15) is 0 Å². The quantitative estimate of drug-likeness (QED) is 0.754. The van der Waals surface area contributed by atoms with Gasteiger partial charge in [0.2, 0.25) is 5.78 Å². The number of ether oxygens (including phenoxy) is 1. The summed E-state index contributed by atoms with van der Waals surface area (Å²) in [6.07, 6.45) is 2.62. The number of rotatable bonds is 4. The Labute approximate surface area is 97.5 Å². The molecule has 0 saturated heterocycles. The van der Waals surface area contributed by atoms with Crippen molar-refractivity contribution in [1.82, 2.24) is 0 Å². The summed E-state index contributed by atoms with van der Waals surface area (Å²) >= 11 is 1.39. The first-order chi connectivity index (χ1) is 7.75. The molecule has 2 nitrogen and oxygen atoms in total. The minimum absolute atomic E-state index is 0.00757. The fraction of sp³-hybridized carbons (Fsp3) is 0.250. The van der Waals surface area contributed by atoms with E-state index in [0.29, 0.717) is 18.1 Å². The summed E-state index contributed by atoms with van der Waals surface area (Å²) in [7, 11) is 0. The molecule has 0 amide bonds. The molecule has 2 rings (SSSR count). The van der Waals surface area contributed by atoms with Crippen LogP contribution in [-0.4, -0.2) is 18.1 Å². The average Bonchev–Trinajstić information content (AvgIpc) is 2.81. The van der Waals surface area contributed by atoms with Crippen molar-refractivity contribution in [2.24, 2.45) is 0 Å². The maximum Gasteiger partial charge on any atom is 0.207 e. The molecule has 0 saturated carbocycles. The van der Waals surface area contributed by atoms with E-state index in [1.165, 1.54) is 23.9 Å². The zero-order valence-corrected chi connectivity index (χ0v) is 9.43. The van der Waals surface area contributed by atoms with Gasteiger partial charge in [0.25, 0.3) is 0 Å². The van der Waals surface area contributed by atoms with Crippen molar-refractivity contribution in [2.75, 3.05) is 12.4 Å². The zero-order chi connectivity index (χ0) is 11.4. The maximum atomic E-state index is 12.6. The standard InChI is InChI=1S/C12H11FO2S/c13-9-3-5-10(6-4-9)16-8-11(14)12-2-1-7-15-12/h2-6H,1,7-8H2. The van der Waals surface area contributed by atoms with Crippen molar-refractivity contribution >= 4 is 17.5 Å². The first kappa shape index (κ1) is 11.2. The van der Waals surface area contributed by atoms with Crippen molar-refractivity contribution in [3.63, 3.8) is 0 Å². The van der Waals surface area contributed by atoms with E-state index in [1.807, 2.05) is 6.08 Å². The van der Waals surface area contributed by atoms with E-state index in [9.17, 15) is 9.18 Å². The Kier molecular flexibility index (Phi) is 3.62. The Morgan fingerprint density at radius 3 is 2.75 bits per heavy atom. The molecule has 0 N–H and O–H groups in total. The number of benzene rings is 1. The van der Waals surface area contributed by atoms with Gasteiger partial charge in [-0.05, 0) is 30.3 Å². The van der Waals surface area contributed by atoms with Crippen LogP contribution in [0.2, 0.25) is 0 Å². The van der Waals surface area contributed by atoms with Gasteiger partial charge in [-0.25, -0.2) is 4.39 Å². The molecule has 0 radical (unpaired) electrons. The number of carbonyl (C=O) groups is 1. The van der Waals surface area contributed by atoms with E-state index in [-0.39, 0.29) is 11.6 Å². The van der Waals surface area contributed by atoms with Crippen LogP contribution >= 0.6 is 11.8 Å². The fourth-order valence-electron chi connectivity index (χ4n) is 1.36. The Bertz CT molecular complexity index is 412. The smallest absolute Gasteiger partial charge is 0.207 e. The number of thioether (sulfide) groups is 1. The predicted octanol–water partition coefficient (Wildman–Crippen LogP) is 2.79. The summed E-state index contributed by atoms with van der Waals surface area (Å²) in [4.78, 5) is 12.5. The highest BCUT2D eigenvalue weighted by molar-refractivity contribution is 8.00. The number of hydrogen-bond donors (Lipinski definition) is 0. The molecule has 0 bridgehead atoms. The van der Waals surface area contributed by atoms with Crippen molar-refractivity contribution in [2.45, 2.75) is 11.3 Å². The van der Waals surface area contributed by atoms with E-state index in [0.717, 1.165) is 11.3 Å². The van der Waals surface area contributed by atoms with Gasteiger partial charge in [0, 0.05) is 11.3 Å². The molecule has 16 heavy (non-hydrogen) atoms. The molecule has 0 unspecified atom stereocenters. The third-order valence-corrected chi connectivity index (χ3v) is 3.18. The second-order valence-electron chi connectivity index (χ2n) is 3.37. The minimum atomic E-state index is -0.266. The van der Waals surface area contributed by atoms with E-state index >= 15 is 0 Å². The lowest BCUT2D eigenvalue weighted by molar-refractivity contribution is -0.116. The van der Waals surface area contributed by atoms with Crippen molar-refractivity contribution in [3.05, 3.63) is 41.9 Å². The number of allylic oxidation sites excluding steroid dienone is 1. The van der Waals surface area contributed by atoms with E-state index in [4.69, 9.17) is 4.74 Å². The summed E-state index contributed by atoms with van der Waals surface area (Å²) < 4.78 is 17.8. The van der Waals surface area contributed by atoms with Crippen LogP contribution in [0.15, 0.2) is 41.0 Å². The van der Waals surface area contributed by atoms with Crippen molar-refractivity contribution in [1.29, 1.82) is 0 Å². The topological polar surface area (TPSA) is 26.3 Å². The van der Waals surface area contributed by atoms with Crippen molar-refractivity contribution < 1.29 is 13.9 Å². The molecule has 0 atom stereocenters. The molecule has 1 aromatic rings. The van der Waals surface area contributed by atoms with Gasteiger partial charge < -0.3 is 4.74 Å². The molecule has 0 fully saturated rings. The molecule has 0 spiro atoms. The highest BCUT2D eigenvalue weighted by Crippen LogP contribution is 2.20. The summed E-state index contributed by atoms with van der Waals surface area (Å²) in [5.74, 6) is 0.524. The van der Waals surface area contributed by atoms with Crippen LogP contribution in [0.5, 0.6) is 0 Å². The van der Waals surface area contributed by atoms with E-state index in [1.54, 1.807) is 12.1 Å². The highest BCUT2D eigenvalue weighted by atomic mass is 32.2. The number of carbonyl (C=O) groups excluding carboxylic acids is 1. The molecule has 1 heterocycles. The maximum absolute atomic E-state index is 12.6. The van der Waals surface area contributed by atoms with Gasteiger partial charge in [0.1, 0.15) is 5.82 Å². The van der Waals surface area contributed by atoms with Gasteiger partial charge in [-0.15, -0.1) is 11.8 Å². The predicted molar refractivity (Wildman–Crippen MR) is 60.8 cm³/mol. The largest absolute Gasteiger partial charge is 0.490 e. The van der Waals surface area contributed by atoms with E-state index < -0.39 is 0 Å². The van der Waals surface area contributed by atoms with Crippen molar-refractivity contribution in [3.8, 4) is 0 Å². The molecule has 1 aliphatic heterocycles. The van der Waals surface area contributed by atoms with Gasteiger partial charge >= 0.3 is 0 Å². The second-order valence-corrected chi connectivity index (χ2v) is 4.42. The van der Waals surface area contributed by atoms with Crippen LogP contribution < -0.4 is 0 Å². The first-order valence-electron chi connectivity index (χ1n) is 5.00. The lowest BCUT2D eigenvalue weighted by atomic mass is 10.3. The summed E-state index contributed by atoms with van der Waals surface area (Å²) in [5.41, 5.74) is 0. The molecule has 84 valence electrons. The molecular weight excluding hydrogens is 227 g/mol. The number of Topliss-reactive ketones (excluding diaryl/α,β-unsaturated/α-hetero) is 1. The minimum Gasteiger partial charge on any atom is -0.490 e. The zero-order valence-electron chi connectivity index (χ0n) is 8.61. The Morgan fingerprint density at radius 2 is 2.12 bits per heavy atom.